The summed E-state index contributed by atoms with van der Waals surface area (Å²) < 4.78 is 7.74. The van der Waals surface area contributed by atoms with E-state index < -0.39 is 0 Å². The molecule has 0 unspecified atom stereocenters. The molecule has 1 aliphatic heterocycles. The van der Waals surface area contributed by atoms with Crippen molar-refractivity contribution in [3.8, 4) is 5.88 Å². The summed E-state index contributed by atoms with van der Waals surface area (Å²) in [6.07, 6.45) is 8.38. The third kappa shape index (κ3) is 4.20. The number of hydrogen-bond acceptors (Lipinski definition) is 3. The van der Waals surface area contributed by atoms with Gasteiger partial charge in [0.05, 0.1) is 18.8 Å². The lowest BCUT2D eigenvalue weighted by molar-refractivity contribution is 0.0706. The SMILES string of the molecule is O=C(c1cc(Cl)cc(Cl)c1)N1CCn2nc(OCC3=CC=CCC3)cc2C1. The van der Waals surface area contributed by atoms with Crippen LogP contribution in [-0.4, -0.2) is 33.7 Å². The topological polar surface area (TPSA) is 47.4 Å². The molecule has 0 bridgehead atoms. The summed E-state index contributed by atoms with van der Waals surface area (Å²) in [6, 6.07) is 6.81. The Hall–Kier alpha value is -2.24. The van der Waals surface area contributed by atoms with E-state index in [0.717, 1.165) is 18.5 Å². The predicted molar refractivity (Wildman–Crippen MR) is 105 cm³/mol. The first-order valence-electron chi connectivity index (χ1n) is 8.88. The van der Waals surface area contributed by atoms with Crippen LogP contribution in [0.4, 0.5) is 0 Å². The molecule has 7 heteroatoms. The third-order valence-electron chi connectivity index (χ3n) is 4.68. The molecule has 2 aliphatic rings. The van der Waals surface area contributed by atoms with E-state index in [1.165, 1.54) is 5.57 Å². The van der Waals surface area contributed by atoms with Crippen molar-refractivity contribution in [1.82, 2.24) is 14.7 Å². The quantitative estimate of drug-likeness (QED) is 0.754. The summed E-state index contributed by atoms with van der Waals surface area (Å²) in [5.41, 5.74) is 2.71. The molecule has 1 amide bonds. The Balaban J connectivity index is 1.43. The second-order valence-corrected chi connectivity index (χ2v) is 7.54. The lowest BCUT2D eigenvalue weighted by Gasteiger charge is -2.27. The number of carbonyl (C=O) groups excluding carboxylic acids is 1. The van der Waals surface area contributed by atoms with Crippen LogP contribution in [0.2, 0.25) is 10.0 Å². The second-order valence-electron chi connectivity index (χ2n) is 6.66. The van der Waals surface area contributed by atoms with Crippen molar-refractivity contribution in [3.63, 3.8) is 0 Å². The molecule has 1 aromatic heterocycles. The van der Waals surface area contributed by atoms with E-state index in [2.05, 4.69) is 23.3 Å². The number of fused-ring (bicyclic) bond motifs is 1. The lowest BCUT2D eigenvalue weighted by Crippen LogP contribution is -2.38. The van der Waals surface area contributed by atoms with Crippen LogP contribution in [0.1, 0.15) is 28.9 Å². The number of benzene rings is 1. The van der Waals surface area contributed by atoms with Crippen molar-refractivity contribution in [1.29, 1.82) is 0 Å². The van der Waals surface area contributed by atoms with Crippen molar-refractivity contribution in [2.24, 2.45) is 0 Å². The smallest absolute Gasteiger partial charge is 0.254 e. The maximum atomic E-state index is 12.8. The number of halogens is 2. The molecule has 4 rings (SSSR count). The third-order valence-corrected chi connectivity index (χ3v) is 5.11. The molecule has 0 atom stereocenters. The molecule has 0 spiro atoms. The molecule has 2 heterocycles. The van der Waals surface area contributed by atoms with Crippen LogP contribution in [0.15, 0.2) is 48.1 Å². The van der Waals surface area contributed by atoms with Gasteiger partial charge in [-0.1, -0.05) is 41.4 Å². The molecule has 140 valence electrons. The Labute approximate surface area is 167 Å². The van der Waals surface area contributed by atoms with Gasteiger partial charge in [0.2, 0.25) is 5.88 Å². The van der Waals surface area contributed by atoms with Crippen LogP contribution in [-0.2, 0) is 13.1 Å². The number of rotatable bonds is 4. The number of aromatic nitrogens is 2. The predicted octanol–water partition coefficient (Wildman–Crippen LogP) is 4.50. The normalized spacial score (nSPS) is 16.1. The maximum Gasteiger partial charge on any atom is 0.254 e. The Morgan fingerprint density at radius 1 is 1.15 bits per heavy atom. The van der Waals surface area contributed by atoms with Crippen LogP contribution in [0.25, 0.3) is 0 Å². The van der Waals surface area contributed by atoms with Gasteiger partial charge < -0.3 is 9.64 Å². The molecule has 5 nitrogen and oxygen atoms in total. The molecule has 27 heavy (non-hydrogen) atoms. The van der Waals surface area contributed by atoms with E-state index in [1.807, 2.05) is 10.7 Å². The van der Waals surface area contributed by atoms with Crippen molar-refractivity contribution in [2.75, 3.05) is 13.2 Å². The first-order valence-corrected chi connectivity index (χ1v) is 9.63. The van der Waals surface area contributed by atoms with Crippen LogP contribution in [0, 0.1) is 0 Å². The average molecular weight is 404 g/mol. The van der Waals surface area contributed by atoms with Gasteiger partial charge in [-0.2, -0.15) is 0 Å². The second kappa shape index (κ2) is 7.79. The van der Waals surface area contributed by atoms with Gasteiger partial charge in [0.15, 0.2) is 0 Å². The van der Waals surface area contributed by atoms with Crippen LogP contribution >= 0.6 is 23.2 Å². The van der Waals surface area contributed by atoms with Gasteiger partial charge in [0.25, 0.3) is 5.91 Å². The number of nitrogens with zero attached hydrogens (tertiary/aromatic N) is 3. The van der Waals surface area contributed by atoms with E-state index in [4.69, 9.17) is 27.9 Å². The minimum Gasteiger partial charge on any atom is -0.472 e. The molecule has 0 N–H and O–H groups in total. The van der Waals surface area contributed by atoms with Gasteiger partial charge in [-0.15, -0.1) is 5.10 Å². The van der Waals surface area contributed by atoms with Crippen LogP contribution in [0.5, 0.6) is 5.88 Å². The molecule has 1 aliphatic carbocycles. The van der Waals surface area contributed by atoms with E-state index in [0.29, 0.717) is 47.7 Å². The highest BCUT2D eigenvalue weighted by Crippen LogP contribution is 2.24. The zero-order valence-electron chi connectivity index (χ0n) is 14.7. The summed E-state index contributed by atoms with van der Waals surface area (Å²) in [5, 5.41) is 5.41. The number of amides is 1. The Morgan fingerprint density at radius 2 is 1.96 bits per heavy atom. The van der Waals surface area contributed by atoms with E-state index in [-0.39, 0.29) is 5.91 Å². The highest BCUT2D eigenvalue weighted by atomic mass is 35.5. The zero-order valence-corrected chi connectivity index (χ0v) is 16.2. The standard InChI is InChI=1S/C20H19Cl2N3O2/c21-16-8-15(9-17(22)10-16)20(26)24-6-7-25-18(12-24)11-19(23-25)27-13-14-4-2-1-3-5-14/h1-2,4,8-11H,3,5-7,12-13H2. The highest BCUT2D eigenvalue weighted by molar-refractivity contribution is 6.35. The van der Waals surface area contributed by atoms with Crippen LogP contribution < -0.4 is 4.74 Å². The first kappa shape index (κ1) is 18.1. The van der Waals surface area contributed by atoms with Crippen LogP contribution in [0.3, 0.4) is 0 Å². The van der Waals surface area contributed by atoms with E-state index >= 15 is 0 Å². The lowest BCUT2D eigenvalue weighted by atomic mass is 10.1. The molecule has 0 radical (unpaired) electrons. The highest BCUT2D eigenvalue weighted by Gasteiger charge is 2.24. The first-order chi connectivity index (χ1) is 13.1. The summed E-state index contributed by atoms with van der Waals surface area (Å²) >= 11 is 12.0. The van der Waals surface area contributed by atoms with Gasteiger partial charge >= 0.3 is 0 Å². The molecule has 0 saturated heterocycles. The fraction of sp³-hybridized carbons (Fsp3) is 0.300. The fourth-order valence-corrected chi connectivity index (χ4v) is 3.81. The van der Waals surface area contributed by atoms with Gasteiger partial charge in [-0.3, -0.25) is 9.48 Å². The molecule has 2 aromatic rings. The van der Waals surface area contributed by atoms with E-state index in [9.17, 15) is 4.79 Å². The monoisotopic (exact) mass is 403 g/mol. The number of carbonyl (C=O) groups is 1. The van der Waals surface area contributed by atoms with E-state index in [1.54, 1.807) is 23.1 Å². The minimum absolute atomic E-state index is 0.0894. The Bertz CT molecular complexity index is 913. The number of allylic oxidation sites excluding steroid dienone is 3. The van der Waals surface area contributed by atoms with Gasteiger partial charge in [-0.05, 0) is 36.6 Å². The minimum atomic E-state index is -0.0894. The molecule has 0 fully saturated rings. The average Bonchev–Trinajstić information content (AvgIpc) is 3.08. The van der Waals surface area contributed by atoms with Crippen molar-refractivity contribution >= 4 is 29.1 Å². The van der Waals surface area contributed by atoms with Gasteiger partial charge in [-0.25, -0.2) is 0 Å². The molecular formula is C20H19Cl2N3O2. The molecule has 0 saturated carbocycles. The largest absolute Gasteiger partial charge is 0.472 e. The summed E-state index contributed by atoms with van der Waals surface area (Å²) in [6.45, 7) is 2.23. The summed E-state index contributed by atoms with van der Waals surface area (Å²) in [5.74, 6) is 0.508. The van der Waals surface area contributed by atoms with Gasteiger partial charge in [0, 0.05) is 28.2 Å². The van der Waals surface area contributed by atoms with Crippen molar-refractivity contribution < 1.29 is 9.53 Å². The maximum absolute atomic E-state index is 12.8. The summed E-state index contributed by atoms with van der Waals surface area (Å²) in [7, 11) is 0. The van der Waals surface area contributed by atoms with Crippen molar-refractivity contribution in [2.45, 2.75) is 25.9 Å². The molecular weight excluding hydrogens is 385 g/mol. The number of hydrogen-bond donors (Lipinski definition) is 0. The van der Waals surface area contributed by atoms with Gasteiger partial charge in [0.1, 0.15) is 6.61 Å². The van der Waals surface area contributed by atoms with Crippen molar-refractivity contribution in [3.05, 3.63) is 69.4 Å². The zero-order chi connectivity index (χ0) is 18.8. The summed E-state index contributed by atoms with van der Waals surface area (Å²) in [4.78, 5) is 14.6. The Kier molecular flexibility index (Phi) is 5.23. The Morgan fingerprint density at radius 3 is 2.70 bits per heavy atom. The fourth-order valence-electron chi connectivity index (χ4n) is 3.28. The number of ether oxygens (including phenoxy) is 1. The molecule has 1 aromatic carbocycles.